The lowest BCUT2D eigenvalue weighted by Gasteiger charge is -2.07. The first-order valence-corrected chi connectivity index (χ1v) is 7.80. The number of carbonyl (C=O) groups excluding carboxylic acids is 1. The van der Waals surface area contributed by atoms with E-state index in [0.29, 0.717) is 6.42 Å². The second-order valence-corrected chi connectivity index (χ2v) is 5.34. The van der Waals surface area contributed by atoms with Gasteiger partial charge in [0.2, 0.25) is 0 Å². The number of Topliss-reactive ketones (excluding diaryl/α,β-unsaturated/α-hetero) is 1. The molecule has 0 aromatic rings. The molecular weight excluding hydrogens is 262 g/mol. The van der Waals surface area contributed by atoms with Crippen LogP contribution >= 0.6 is 12.6 Å². The number of unbranched alkanes of at least 4 members (excludes halogenated alkanes) is 6. The van der Waals surface area contributed by atoms with Crippen molar-refractivity contribution in [3.8, 4) is 0 Å². The minimum absolute atomic E-state index is 0.0459. The Balaban J connectivity index is 3.45. The summed E-state index contributed by atoms with van der Waals surface area (Å²) in [5.41, 5.74) is 5.41. The number of hydrogen-bond acceptors (Lipinski definition) is 4. The van der Waals surface area contributed by atoms with Crippen molar-refractivity contribution in [3.05, 3.63) is 0 Å². The van der Waals surface area contributed by atoms with E-state index in [1.165, 1.54) is 19.3 Å². The standard InChI is InChI=1S/C14H27NO3S/c15-9-7-5-3-1-2-4-6-8-13(16)10-12(11-19)14(17)18/h12,19H,1-11,15H2,(H,17,18). The summed E-state index contributed by atoms with van der Waals surface area (Å²) in [6, 6.07) is 0. The van der Waals surface area contributed by atoms with Gasteiger partial charge in [-0.25, -0.2) is 0 Å². The molecule has 0 aliphatic carbocycles. The van der Waals surface area contributed by atoms with Gasteiger partial charge < -0.3 is 10.8 Å². The van der Waals surface area contributed by atoms with Gasteiger partial charge in [-0.05, 0) is 19.4 Å². The van der Waals surface area contributed by atoms with Crippen LogP contribution in [0.1, 0.15) is 57.8 Å². The van der Waals surface area contributed by atoms with Crippen LogP contribution < -0.4 is 5.73 Å². The largest absolute Gasteiger partial charge is 0.481 e. The zero-order valence-electron chi connectivity index (χ0n) is 11.6. The molecule has 1 atom stereocenters. The van der Waals surface area contributed by atoms with Gasteiger partial charge in [-0.1, -0.05) is 32.1 Å². The van der Waals surface area contributed by atoms with Gasteiger partial charge in [-0.2, -0.15) is 12.6 Å². The van der Waals surface area contributed by atoms with Crippen molar-refractivity contribution in [3.63, 3.8) is 0 Å². The van der Waals surface area contributed by atoms with E-state index in [2.05, 4.69) is 12.6 Å². The first-order valence-electron chi connectivity index (χ1n) is 7.17. The lowest BCUT2D eigenvalue weighted by molar-refractivity contribution is -0.142. The van der Waals surface area contributed by atoms with E-state index in [1.807, 2.05) is 0 Å². The van der Waals surface area contributed by atoms with Crippen molar-refractivity contribution in [1.29, 1.82) is 0 Å². The molecule has 0 aromatic heterocycles. The highest BCUT2D eigenvalue weighted by molar-refractivity contribution is 7.80. The molecule has 3 N–H and O–H groups in total. The third kappa shape index (κ3) is 11.0. The van der Waals surface area contributed by atoms with Crippen molar-refractivity contribution >= 4 is 24.4 Å². The average Bonchev–Trinajstić information content (AvgIpc) is 2.38. The summed E-state index contributed by atoms with van der Waals surface area (Å²) in [6.07, 6.45) is 8.38. The molecule has 0 rings (SSSR count). The van der Waals surface area contributed by atoms with Crippen LogP contribution in [0.5, 0.6) is 0 Å². The van der Waals surface area contributed by atoms with Crippen molar-refractivity contribution in [1.82, 2.24) is 0 Å². The van der Waals surface area contributed by atoms with Crippen LogP contribution in [-0.2, 0) is 9.59 Å². The van der Waals surface area contributed by atoms with E-state index in [4.69, 9.17) is 10.8 Å². The summed E-state index contributed by atoms with van der Waals surface area (Å²) in [4.78, 5) is 22.3. The fourth-order valence-corrected chi connectivity index (χ4v) is 2.24. The average molecular weight is 289 g/mol. The van der Waals surface area contributed by atoms with Gasteiger partial charge >= 0.3 is 5.97 Å². The number of ketones is 1. The number of carboxylic acid groups (broad SMARTS) is 1. The number of carboxylic acids is 1. The smallest absolute Gasteiger partial charge is 0.307 e. The summed E-state index contributed by atoms with van der Waals surface area (Å²) >= 11 is 3.95. The molecule has 0 amide bonds. The molecule has 0 saturated heterocycles. The van der Waals surface area contributed by atoms with Crippen LogP contribution in [0.3, 0.4) is 0 Å². The minimum atomic E-state index is -0.928. The predicted molar refractivity (Wildman–Crippen MR) is 80.6 cm³/mol. The van der Waals surface area contributed by atoms with Crippen LogP contribution in [-0.4, -0.2) is 29.2 Å². The number of hydrogen-bond donors (Lipinski definition) is 3. The van der Waals surface area contributed by atoms with Crippen molar-refractivity contribution in [2.45, 2.75) is 57.8 Å². The van der Waals surface area contributed by atoms with E-state index in [-0.39, 0.29) is 18.0 Å². The monoisotopic (exact) mass is 289 g/mol. The van der Waals surface area contributed by atoms with Crippen molar-refractivity contribution in [2.24, 2.45) is 11.7 Å². The van der Waals surface area contributed by atoms with Crippen LogP contribution in [0.4, 0.5) is 0 Å². The lowest BCUT2D eigenvalue weighted by Crippen LogP contribution is -2.19. The third-order valence-corrected chi connectivity index (χ3v) is 3.64. The Labute approximate surface area is 121 Å². The maximum atomic E-state index is 11.6. The predicted octanol–water partition coefficient (Wildman–Crippen LogP) is 2.66. The van der Waals surface area contributed by atoms with E-state index in [0.717, 1.165) is 32.2 Å². The first kappa shape index (κ1) is 18.4. The highest BCUT2D eigenvalue weighted by Gasteiger charge is 2.18. The first-order chi connectivity index (χ1) is 9.11. The second kappa shape index (κ2) is 12.5. The number of rotatable bonds is 13. The van der Waals surface area contributed by atoms with Crippen LogP contribution in [0.15, 0.2) is 0 Å². The van der Waals surface area contributed by atoms with Gasteiger partial charge in [-0.15, -0.1) is 0 Å². The quantitative estimate of drug-likeness (QED) is 0.360. The molecule has 0 saturated carbocycles. The van der Waals surface area contributed by atoms with Crippen LogP contribution in [0, 0.1) is 5.92 Å². The van der Waals surface area contributed by atoms with Crippen molar-refractivity contribution < 1.29 is 14.7 Å². The highest BCUT2D eigenvalue weighted by Crippen LogP contribution is 2.12. The zero-order chi connectivity index (χ0) is 14.5. The number of nitrogens with two attached hydrogens (primary N) is 1. The highest BCUT2D eigenvalue weighted by atomic mass is 32.1. The maximum Gasteiger partial charge on any atom is 0.307 e. The normalized spacial score (nSPS) is 12.3. The second-order valence-electron chi connectivity index (χ2n) is 4.97. The van der Waals surface area contributed by atoms with E-state index < -0.39 is 11.9 Å². The lowest BCUT2D eigenvalue weighted by atomic mass is 10.00. The molecule has 4 nitrogen and oxygen atoms in total. The summed E-state index contributed by atoms with van der Waals surface area (Å²) in [5, 5.41) is 8.82. The Kier molecular flexibility index (Phi) is 12.1. The molecule has 5 heteroatoms. The molecule has 1 unspecified atom stereocenters. The summed E-state index contributed by atoms with van der Waals surface area (Å²) in [5.74, 6) is -1.29. The maximum absolute atomic E-state index is 11.6. The van der Waals surface area contributed by atoms with Gasteiger partial charge in [0.05, 0.1) is 5.92 Å². The molecule has 0 heterocycles. The van der Waals surface area contributed by atoms with Gasteiger partial charge in [0.1, 0.15) is 5.78 Å². The summed E-state index contributed by atoms with van der Waals surface area (Å²) in [7, 11) is 0. The number of carbonyl (C=O) groups is 2. The Bertz CT molecular complexity index is 259. The molecule has 0 aliphatic heterocycles. The molecule has 19 heavy (non-hydrogen) atoms. The number of thiol groups is 1. The van der Waals surface area contributed by atoms with Crippen LogP contribution in [0.25, 0.3) is 0 Å². The van der Waals surface area contributed by atoms with Gasteiger partial charge in [0, 0.05) is 18.6 Å². The summed E-state index contributed by atoms with van der Waals surface area (Å²) < 4.78 is 0. The topological polar surface area (TPSA) is 80.4 Å². The SMILES string of the molecule is NCCCCCCCCCC(=O)CC(CS)C(=O)O. The Morgan fingerprint density at radius 1 is 1.00 bits per heavy atom. The van der Waals surface area contributed by atoms with Crippen molar-refractivity contribution in [2.75, 3.05) is 12.3 Å². The zero-order valence-corrected chi connectivity index (χ0v) is 12.5. The summed E-state index contributed by atoms with van der Waals surface area (Å²) in [6.45, 7) is 0.768. The molecule has 0 radical (unpaired) electrons. The van der Waals surface area contributed by atoms with E-state index in [9.17, 15) is 9.59 Å². The van der Waals surface area contributed by atoms with E-state index >= 15 is 0 Å². The van der Waals surface area contributed by atoms with Gasteiger partial charge in [-0.3, -0.25) is 9.59 Å². The van der Waals surface area contributed by atoms with Crippen LogP contribution in [0.2, 0.25) is 0 Å². The van der Waals surface area contributed by atoms with Gasteiger partial charge in [0.15, 0.2) is 0 Å². The molecule has 0 fully saturated rings. The minimum Gasteiger partial charge on any atom is -0.481 e. The Morgan fingerprint density at radius 2 is 1.53 bits per heavy atom. The molecule has 0 spiro atoms. The molecule has 0 aliphatic rings. The number of aliphatic carboxylic acids is 1. The molecular formula is C14H27NO3S. The third-order valence-electron chi connectivity index (χ3n) is 3.20. The van der Waals surface area contributed by atoms with E-state index in [1.54, 1.807) is 0 Å². The Morgan fingerprint density at radius 3 is 2.00 bits per heavy atom. The fourth-order valence-electron chi connectivity index (χ4n) is 1.96. The van der Waals surface area contributed by atoms with Gasteiger partial charge in [0.25, 0.3) is 0 Å². The molecule has 0 aromatic carbocycles. The molecule has 0 bridgehead atoms. The molecule has 112 valence electrons. The fraction of sp³-hybridized carbons (Fsp3) is 0.857. The Hall–Kier alpha value is -0.550.